The molecule has 27 heavy (non-hydrogen) atoms. The van der Waals surface area contributed by atoms with Crippen LogP contribution in [0.3, 0.4) is 0 Å². The number of ether oxygens (including phenoxy) is 1. The summed E-state index contributed by atoms with van der Waals surface area (Å²) in [5.41, 5.74) is 1.99. The van der Waals surface area contributed by atoms with Crippen LogP contribution in [0, 0.1) is 0 Å². The van der Waals surface area contributed by atoms with Gasteiger partial charge in [-0.1, -0.05) is 48.5 Å². The lowest BCUT2D eigenvalue weighted by Gasteiger charge is -2.30. The molecule has 0 radical (unpaired) electrons. The fourth-order valence-corrected chi connectivity index (χ4v) is 3.98. The second kappa shape index (κ2) is 9.22. The maximum atomic E-state index is 11.8. The van der Waals surface area contributed by atoms with E-state index >= 15 is 0 Å². The topological polar surface area (TPSA) is 102 Å². The van der Waals surface area contributed by atoms with Crippen molar-refractivity contribution in [1.29, 1.82) is 0 Å². The number of benzene rings is 2. The first-order valence-corrected chi connectivity index (χ1v) is 9.97. The summed E-state index contributed by atoms with van der Waals surface area (Å²) in [6.45, 7) is 0.768. The summed E-state index contributed by atoms with van der Waals surface area (Å²) >= 11 is 0. The maximum Gasteiger partial charge on any atom is 0.335 e. The van der Waals surface area contributed by atoms with Crippen LogP contribution in [0.25, 0.3) is 0 Å². The molecule has 142 valence electrons. The molecule has 7 heteroatoms. The smallest absolute Gasteiger partial charge is 0.335 e. The minimum absolute atomic E-state index is 0.0451. The van der Waals surface area contributed by atoms with Crippen LogP contribution in [0.1, 0.15) is 21.5 Å². The molecule has 1 unspecified atom stereocenters. The number of carbonyl (C=O) groups is 1. The number of aromatic carboxylic acids is 1. The van der Waals surface area contributed by atoms with E-state index in [1.165, 1.54) is 0 Å². The first-order chi connectivity index (χ1) is 13.0. The SMILES string of the molecule is O=C(O)c1ccccc1C[C@@H]1CO[C@@H](C(Cc2ccccc2)=[P+]([O-])O)CN1. The van der Waals surface area contributed by atoms with Gasteiger partial charge in [0.05, 0.1) is 12.2 Å². The summed E-state index contributed by atoms with van der Waals surface area (Å²) in [4.78, 5) is 32.9. The van der Waals surface area contributed by atoms with E-state index < -0.39 is 20.1 Å². The number of morpholine rings is 1. The van der Waals surface area contributed by atoms with Crippen molar-refractivity contribution in [1.82, 2.24) is 5.32 Å². The molecule has 2 aromatic carbocycles. The summed E-state index contributed by atoms with van der Waals surface area (Å²) in [5, 5.41) is 13.1. The van der Waals surface area contributed by atoms with Crippen LogP contribution in [0.4, 0.5) is 0 Å². The summed E-state index contributed by atoms with van der Waals surface area (Å²) < 4.78 is 5.87. The van der Waals surface area contributed by atoms with Gasteiger partial charge in [0.15, 0.2) is 5.29 Å². The van der Waals surface area contributed by atoms with Crippen molar-refractivity contribution in [3.05, 3.63) is 71.3 Å². The molecule has 0 aliphatic carbocycles. The average Bonchev–Trinajstić information content (AvgIpc) is 2.68. The Hall–Kier alpha value is -2.08. The van der Waals surface area contributed by atoms with Gasteiger partial charge in [-0.25, -0.2) is 4.79 Å². The molecule has 3 atom stereocenters. The second-order valence-electron chi connectivity index (χ2n) is 6.52. The Kier molecular flexibility index (Phi) is 6.72. The molecule has 0 spiro atoms. The van der Waals surface area contributed by atoms with Gasteiger partial charge in [-0.2, -0.15) is 4.89 Å². The zero-order valence-corrected chi connectivity index (χ0v) is 15.6. The lowest BCUT2D eigenvalue weighted by atomic mass is 9.99. The van der Waals surface area contributed by atoms with E-state index in [0.29, 0.717) is 31.3 Å². The highest BCUT2D eigenvalue weighted by atomic mass is 31.1. The minimum Gasteiger partial charge on any atom is -0.603 e. The van der Waals surface area contributed by atoms with E-state index in [1.54, 1.807) is 18.2 Å². The zero-order valence-electron chi connectivity index (χ0n) is 14.7. The quantitative estimate of drug-likeness (QED) is 0.647. The monoisotopic (exact) mass is 387 g/mol. The standard InChI is InChI=1S/C20H22NO5P/c22-20(23)17-9-5-4-8-15(17)11-16-13-26-18(12-21-16)19(27(24)25)10-14-6-2-1-3-7-14/h1-9,16,18,21H,10-13H2,(H,22,23)(H,24,25)/t16-,18-/m1/s1. The predicted molar refractivity (Wildman–Crippen MR) is 103 cm³/mol. The van der Waals surface area contributed by atoms with Crippen molar-refractivity contribution in [2.45, 2.75) is 25.0 Å². The number of hydrogen-bond acceptors (Lipinski definition) is 5. The van der Waals surface area contributed by atoms with Crippen molar-refractivity contribution >= 4 is 19.3 Å². The fourth-order valence-electron chi connectivity index (χ4n) is 3.25. The maximum absolute atomic E-state index is 11.8. The predicted octanol–water partition coefficient (Wildman–Crippen LogP) is 1.36. The Labute approximate surface area is 159 Å². The summed E-state index contributed by atoms with van der Waals surface area (Å²) in [6, 6.07) is 16.4. The Bertz CT molecular complexity index is 812. The molecule has 0 aromatic heterocycles. The second-order valence-corrected chi connectivity index (χ2v) is 7.64. The van der Waals surface area contributed by atoms with E-state index in [4.69, 9.17) is 4.74 Å². The number of nitrogens with one attached hydrogen (secondary N) is 1. The normalized spacial score (nSPS) is 20.8. The van der Waals surface area contributed by atoms with Gasteiger partial charge in [0, 0.05) is 19.0 Å². The van der Waals surface area contributed by atoms with Crippen LogP contribution in [-0.4, -0.2) is 46.6 Å². The molecule has 3 rings (SSSR count). The molecule has 0 saturated carbocycles. The van der Waals surface area contributed by atoms with Gasteiger partial charge in [-0.15, -0.1) is 0 Å². The van der Waals surface area contributed by atoms with Gasteiger partial charge in [0.25, 0.3) is 0 Å². The Morgan fingerprint density at radius 1 is 1.19 bits per heavy atom. The molecule has 2 aromatic rings. The molecule has 6 nitrogen and oxygen atoms in total. The van der Waals surface area contributed by atoms with Crippen LogP contribution < -0.4 is 10.2 Å². The highest BCUT2D eigenvalue weighted by Crippen LogP contribution is 2.20. The first-order valence-electron chi connectivity index (χ1n) is 8.76. The molecule has 1 aliphatic rings. The summed E-state index contributed by atoms with van der Waals surface area (Å²) in [6.07, 6.45) is 0.477. The largest absolute Gasteiger partial charge is 0.603 e. The lowest BCUT2D eigenvalue weighted by molar-refractivity contribution is -0.168. The third kappa shape index (κ3) is 5.22. The molecular formula is C20H22NO5P. The molecular weight excluding hydrogens is 365 g/mol. The Morgan fingerprint density at radius 2 is 1.89 bits per heavy atom. The zero-order chi connectivity index (χ0) is 19.2. The van der Waals surface area contributed by atoms with Crippen LogP contribution in [0.5, 0.6) is 0 Å². The highest BCUT2D eigenvalue weighted by Gasteiger charge is 2.30. The van der Waals surface area contributed by atoms with Gasteiger partial charge in [0.2, 0.25) is 8.00 Å². The number of hydrogen-bond donors (Lipinski definition) is 3. The number of carboxylic acid groups (broad SMARTS) is 1. The van der Waals surface area contributed by atoms with Crippen molar-refractivity contribution in [2.75, 3.05) is 13.2 Å². The van der Waals surface area contributed by atoms with Crippen molar-refractivity contribution in [3.63, 3.8) is 0 Å². The van der Waals surface area contributed by atoms with Gasteiger partial charge in [-0.3, -0.25) is 0 Å². The van der Waals surface area contributed by atoms with E-state index in [0.717, 1.165) is 11.1 Å². The minimum atomic E-state index is -2.46. The molecule has 1 aliphatic heterocycles. The van der Waals surface area contributed by atoms with E-state index in [2.05, 4.69) is 5.32 Å². The third-order valence-corrected chi connectivity index (χ3v) is 5.59. The number of rotatable bonds is 6. The van der Waals surface area contributed by atoms with Crippen molar-refractivity contribution in [2.24, 2.45) is 0 Å². The van der Waals surface area contributed by atoms with E-state index in [-0.39, 0.29) is 11.6 Å². The molecule has 1 fully saturated rings. The van der Waals surface area contributed by atoms with Crippen LogP contribution in [0.15, 0.2) is 54.6 Å². The summed E-state index contributed by atoms with van der Waals surface area (Å²) in [5.74, 6) is -0.948. The molecule has 0 amide bonds. The Balaban J connectivity index is 1.63. The fraction of sp³-hybridized carbons (Fsp3) is 0.300. The first kappa shape index (κ1) is 19.7. The van der Waals surface area contributed by atoms with Gasteiger partial charge >= 0.3 is 5.97 Å². The van der Waals surface area contributed by atoms with Gasteiger partial charge in [0.1, 0.15) is 6.10 Å². The van der Waals surface area contributed by atoms with Gasteiger partial charge < -0.3 is 20.1 Å². The molecule has 0 bridgehead atoms. The van der Waals surface area contributed by atoms with Gasteiger partial charge in [-0.05, 0) is 23.6 Å². The molecule has 3 N–H and O–H groups in total. The number of carboxylic acids is 1. The van der Waals surface area contributed by atoms with Crippen LogP contribution in [-0.2, 0) is 17.6 Å². The lowest BCUT2D eigenvalue weighted by Crippen LogP contribution is -2.50. The summed E-state index contributed by atoms with van der Waals surface area (Å²) in [7, 11) is -2.46. The molecule has 1 saturated heterocycles. The molecule has 1 heterocycles. The van der Waals surface area contributed by atoms with Crippen molar-refractivity contribution in [3.8, 4) is 0 Å². The van der Waals surface area contributed by atoms with Crippen LogP contribution in [0.2, 0.25) is 0 Å². The highest BCUT2D eigenvalue weighted by molar-refractivity contribution is 7.46. The average molecular weight is 387 g/mol. The van der Waals surface area contributed by atoms with E-state index in [9.17, 15) is 19.7 Å². The van der Waals surface area contributed by atoms with Crippen molar-refractivity contribution < 1.29 is 24.4 Å². The third-order valence-electron chi connectivity index (χ3n) is 4.65. The Morgan fingerprint density at radius 3 is 2.52 bits per heavy atom. The van der Waals surface area contributed by atoms with Crippen LogP contribution >= 0.6 is 8.00 Å². The van der Waals surface area contributed by atoms with E-state index in [1.807, 2.05) is 36.4 Å².